The van der Waals surface area contributed by atoms with Crippen LogP contribution in [0, 0.1) is 0 Å². The molecule has 0 aromatic carbocycles. The molecule has 0 aliphatic rings. The second-order valence-corrected chi connectivity index (χ2v) is 4.51. The van der Waals surface area contributed by atoms with Crippen molar-refractivity contribution < 1.29 is 23.5 Å². The molecule has 0 heterocycles. The normalized spacial score (nSPS) is 12.9. The average molecular weight is 260 g/mol. The number of likely N-dealkylation sites (N-methyl/N-ethyl adjacent to an activating group) is 1. The van der Waals surface area contributed by atoms with E-state index in [1.807, 2.05) is 0 Å². The van der Waals surface area contributed by atoms with E-state index in [9.17, 15) is 9.59 Å². The Kier molecular flexibility index (Phi) is 7.59. The summed E-state index contributed by atoms with van der Waals surface area (Å²) in [5.74, 6) is -0.691. The number of ether oxygens (including phenoxy) is 2. The fourth-order valence-electron chi connectivity index (χ4n) is 2.06. The Morgan fingerprint density at radius 1 is 1.00 bits per heavy atom. The van der Waals surface area contributed by atoms with Crippen molar-refractivity contribution in [3.63, 3.8) is 0 Å². The van der Waals surface area contributed by atoms with E-state index in [-0.39, 0.29) is 24.6 Å². The van der Waals surface area contributed by atoms with Crippen LogP contribution in [0.4, 0.5) is 0 Å². The summed E-state index contributed by atoms with van der Waals surface area (Å²) in [6.45, 7) is 12.8. The molecule has 0 saturated heterocycles. The molecule has 0 saturated carbocycles. The van der Waals surface area contributed by atoms with Gasteiger partial charge in [-0.2, -0.15) is 0 Å². The van der Waals surface area contributed by atoms with Crippen molar-refractivity contribution in [2.75, 3.05) is 32.8 Å². The van der Waals surface area contributed by atoms with Crippen molar-refractivity contribution >= 4 is 11.9 Å². The van der Waals surface area contributed by atoms with Crippen molar-refractivity contribution in [2.45, 2.75) is 40.7 Å². The topological polar surface area (TPSA) is 52.6 Å². The number of nitrogens with zero attached hydrogens (tertiary/aromatic N) is 1. The third kappa shape index (κ3) is 6.00. The van der Waals surface area contributed by atoms with Crippen LogP contribution in [0.5, 0.6) is 0 Å². The first-order chi connectivity index (χ1) is 8.39. The van der Waals surface area contributed by atoms with Gasteiger partial charge in [0.1, 0.15) is 13.2 Å². The van der Waals surface area contributed by atoms with Crippen LogP contribution < -0.4 is 0 Å². The van der Waals surface area contributed by atoms with Gasteiger partial charge in [0.25, 0.3) is 0 Å². The smallest absolute Gasteiger partial charge is 0.303 e. The van der Waals surface area contributed by atoms with Gasteiger partial charge in [-0.05, 0) is 20.8 Å². The highest BCUT2D eigenvalue weighted by Gasteiger charge is 2.28. The number of esters is 2. The molecule has 0 rings (SSSR count). The Morgan fingerprint density at radius 2 is 1.50 bits per heavy atom. The number of carbonyl (C=O) groups excluding carboxylic acids is 2. The van der Waals surface area contributed by atoms with Gasteiger partial charge in [-0.25, -0.2) is 0 Å². The van der Waals surface area contributed by atoms with Crippen LogP contribution in [-0.2, 0) is 19.1 Å². The lowest BCUT2D eigenvalue weighted by atomic mass is 10.2. The lowest BCUT2D eigenvalue weighted by Gasteiger charge is -2.38. The van der Waals surface area contributed by atoms with Gasteiger partial charge < -0.3 is 14.0 Å². The van der Waals surface area contributed by atoms with Gasteiger partial charge in [-0.15, -0.1) is 0 Å². The Morgan fingerprint density at radius 3 is 1.83 bits per heavy atom. The SMILES string of the molecule is CC[N+](CC)(CC)CC(COC(C)=O)OC(C)=O. The molecule has 0 aromatic heterocycles. The first-order valence-electron chi connectivity index (χ1n) is 6.54. The van der Waals surface area contributed by atoms with Gasteiger partial charge in [0.2, 0.25) is 0 Å². The van der Waals surface area contributed by atoms with Crippen LogP contribution in [0.1, 0.15) is 34.6 Å². The van der Waals surface area contributed by atoms with Gasteiger partial charge in [-0.3, -0.25) is 9.59 Å². The van der Waals surface area contributed by atoms with Gasteiger partial charge in [0.15, 0.2) is 6.10 Å². The molecule has 1 unspecified atom stereocenters. The zero-order chi connectivity index (χ0) is 14.2. The molecule has 0 bridgehead atoms. The lowest BCUT2D eigenvalue weighted by molar-refractivity contribution is -0.925. The Bertz CT molecular complexity index is 266. The van der Waals surface area contributed by atoms with E-state index in [4.69, 9.17) is 9.47 Å². The predicted molar refractivity (Wildman–Crippen MR) is 68.9 cm³/mol. The summed E-state index contributed by atoms with van der Waals surface area (Å²) in [6, 6.07) is 0. The summed E-state index contributed by atoms with van der Waals surface area (Å²) in [6.07, 6.45) is -0.369. The van der Waals surface area contributed by atoms with Gasteiger partial charge in [-0.1, -0.05) is 0 Å². The maximum atomic E-state index is 11.1. The van der Waals surface area contributed by atoms with E-state index in [1.165, 1.54) is 13.8 Å². The molecule has 1 atom stereocenters. The molecule has 0 aliphatic heterocycles. The van der Waals surface area contributed by atoms with Crippen molar-refractivity contribution in [1.29, 1.82) is 0 Å². The van der Waals surface area contributed by atoms with Gasteiger partial charge in [0.05, 0.1) is 19.6 Å². The maximum Gasteiger partial charge on any atom is 0.303 e. The zero-order valence-electron chi connectivity index (χ0n) is 12.2. The molecule has 106 valence electrons. The van der Waals surface area contributed by atoms with Crippen LogP contribution in [0.3, 0.4) is 0 Å². The van der Waals surface area contributed by atoms with E-state index in [2.05, 4.69) is 20.8 Å². The van der Waals surface area contributed by atoms with Gasteiger partial charge in [0, 0.05) is 13.8 Å². The molecule has 0 aliphatic carbocycles. The third-order valence-corrected chi connectivity index (χ3v) is 3.41. The first kappa shape index (κ1) is 16.9. The van der Waals surface area contributed by atoms with E-state index >= 15 is 0 Å². The van der Waals surface area contributed by atoms with Crippen LogP contribution in [0.2, 0.25) is 0 Å². The summed E-state index contributed by atoms with van der Waals surface area (Å²) in [4.78, 5) is 21.9. The summed E-state index contributed by atoms with van der Waals surface area (Å²) in [7, 11) is 0. The lowest BCUT2D eigenvalue weighted by Crippen LogP contribution is -2.53. The first-order valence-corrected chi connectivity index (χ1v) is 6.54. The summed E-state index contributed by atoms with van der Waals surface area (Å²) < 4.78 is 11.0. The Hall–Kier alpha value is -1.10. The number of hydrogen-bond donors (Lipinski definition) is 0. The molecule has 5 heteroatoms. The number of carbonyl (C=O) groups is 2. The molecule has 0 aromatic rings. The minimum absolute atomic E-state index is 0.134. The van der Waals surface area contributed by atoms with Crippen molar-refractivity contribution in [3.8, 4) is 0 Å². The third-order valence-electron chi connectivity index (χ3n) is 3.41. The van der Waals surface area contributed by atoms with E-state index < -0.39 is 0 Å². The second-order valence-electron chi connectivity index (χ2n) is 4.51. The maximum absolute atomic E-state index is 11.1. The zero-order valence-corrected chi connectivity index (χ0v) is 12.2. The fourth-order valence-corrected chi connectivity index (χ4v) is 2.06. The van der Waals surface area contributed by atoms with E-state index in [1.54, 1.807) is 0 Å². The van der Waals surface area contributed by atoms with Crippen LogP contribution in [-0.4, -0.2) is 55.3 Å². The molecule has 0 spiro atoms. The van der Waals surface area contributed by atoms with E-state index in [0.29, 0.717) is 6.54 Å². The highest BCUT2D eigenvalue weighted by molar-refractivity contribution is 5.67. The highest BCUT2D eigenvalue weighted by atomic mass is 16.6. The van der Waals surface area contributed by atoms with E-state index in [0.717, 1.165) is 24.1 Å². The average Bonchev–Trinajstić information content (AvgIpc) is 2.32. The fraction of sp³-hybridized carbons (Fsp3) is 0.846. The molecule has 5 nitrogen and oxygen atoms in total. The molecule has 18 heavy (non-hydrogen) atoms. The largest absolute Gasteiger partial charge is 0.462 e. The molecular formula is C13H26NO4+. The quantitative estimate of drug-likeness (QED) is 0.488. The Labute approximate surface area is 110 Å². The summed E-state index contributed by atoms with van der Waals surface area (Å²) in [5, 5.41) is 0. The molecular weight excluding hydrogens is 234 g/mol. The standard InChI is InChI=1S/C13H26NO4/c1-6-14(7-2,8-3)9-13(18-12(5)16)10-17-11(4)15/h13H,6-10H2,1-5H3/q+1. The highest BCUT2D eigenvalue weighted by Crippen LogP contribution is 2.10. The number of quaternary nitrogens is 1. The van der Waals surface area contributed by atoms with Crippen LogP contribution >= 0.6 is 0 Å². The Balaban J connectivity index is 4.63. The van der Waals surface area contributed by atoms with Crippen LogP contribution in [0.25, 0.3) is 0 Å². The second kappa shape index (κ2) is 8.08. The van der Waals surface area contributed by atoms with Crippen LogP contribution in [0.15, 0.2) is 0 Å². The number of rotatable bonds is 8. The molecule has 0 radical (unpaired) electrons. The summed E-state index contributed by atoms with van der Waals surface area (Å²) >= 11 is 0. The van der Waals surface area contributed by atoms with Crippen molar-refractivity contribution in [1.82, 2.24) is 0 Å². The molecule has 0 N–H and O–H groups in total. The minimum atomic E-state index is -0.369. The van der Waals surface area contributed by atoms with Gasteiger partial charge >= 0.3 is 11.9 Å². The summed E-state index contributed by atoms with van der Waals surface area (Å²) in [5.41, 5.74) is 0. The van der Waals surface area contributed by atoms with Crippen molar-refractivity contribution in [3.05, 3.63) is 0 Å². The predicted octanol–water partition coefficient (Wildman–Crippen LogP) is 1.36. The number of hydrogen-bond acceptors (Lipinski definition) is 4. The minimum Gasteiger partial charge on any atom is -0.462 e. The monoisotopic (exact) mass is 260 g/mol. The molecule has 0 fully saturated rings. The molecule has 0 amide bonds. The van der Waals surface area contributed by atoms with Crippen molar-refractivity contribution in [2.24, 2.45) is 0 Å².